The van der Waals surface area contributed by atoms with E-state index in [9.17, 15) is 24.3 Å². The summed E-state index contributed by atoms with van der Waals surface area (Å²) in [7, 11) is -3.86. The van der Waals surface area contributed by atoms with Crippen LogP contribution >= 0.6 is 0 Å². The van der Waals surface area contributed by atoms with Gasteiger partial charge < -0.3 is 52.9 Å². The molecule has 13 nitrogen and oxygen atoms in total. The van der Waals surface area contributed by atoms with Crippen molar-refractivity contribution in [2.45, 2.75) is 31.6 Å². The number of amides is 1. The van der Waals surface area contributed by atoms with Crippen LogP contribution in [0.5, 0.6) is 11.5 Å². The smallest absolute Gasteiger partial charge is 0.490 e. The summed E-state index contributed by atoms with van der Waals surface area (Å²) < 4.78 is 42.2. The Balaban J connectivity index is 1.25. The Morgan fingerprint density at radius 2 is 1.10 bits per heavy atom. The molecular weight excluding hydrogens is 823 g/mol. The fraction of sp³-hybridized carbons (Fsp3) is 0.306. The first-order chi connectivity index (χ1) is 30.8. The molecule has 1 aliphatic heterocycles. The molecule has 0 radical (unpaired) electrons. The van der Waals surface area contributed by atoms with E-state index < -0.39 is 32.9 Å². The topological polar surface area (TPSA) is 171 Å². The van der Waals surface area contributed by atoms with Gasteiger partial charge in [0.1, 0.15) is 24.7 Å². The van der Waals surface area contributed by atoms with E-state index >= 15 is 0 Å². The van der Waals surface area contributed by atoms with E-state index in [-0.39, 0.29) is 78.5 Å². The van der Waals surface area contributed by atoms with Crippen LogP contribution in [0.4, 0.5) is 0 Å². The van der Waals surface area contributed by atoms with Crippen molar-refractivity contribution < 1.29 is 57.1 Å². The summed E-state index contributed by atoms with van der Waals surface area (Å²) in [6.07, 6.45) is -3.04. The maximum atomic E-state index is 13.4. The van der Waals surface area contributed by atoms with Crippen molar-refractivity contribution in [1.82, 2.24) is 5.32 Å². The van der Waals surface area contributed by atoms with Gasteiger partial charge in [-0.3, -0.25) is 4.79 Å². The molecule has 6 aromatic rings. The van der Waals surface area contributed by atoms with Crippen molar-refractivity contribution in [3.05, 3.63) is 121 Å². The molecule has 1 aliphatic rings. The molecule has 0 spiro atoms. The van der Waals surface area contributed by atoms with Crippen LogP contribution in [0.1, 0.15) is 13.3 Å². The highest BCUT2D eigenvalue weighted by Gasteiger charge is 2.36. The number of rotatable bonds is 10. The maximum absolute atomic E-state index is 13.4. The lowest BCUT2D eigenvalue weighted by Crippen LogP contribution is -2.50. The molecular formula is C49H53NO12Si. The lowest BCUT2D eigenvalue weighted by molar-refractivity contribution is -0.171. The van der Waals surface area contributed by atoms with E-state index in [4.69, 9.17) is 32.8 Å². The van der Waals surface area contributed by atoms with Crippen LogP contribution in [0.2, 0.25) is 6.04 Å². The number of carbonyl (C=O) groups is 2. The van der Waals surface area contributed by atoms with Crippen molar-refractivity contribution in [3.8, 4) is 44.9 Å². The van der Waals surface area contributed by atoms with Crippen LogP contribution in [-0.2, 0) is 33.0 Å². The molecule has 14 heteroatoms. The van der Waals surface area contributed by atoms with Crippen molar-refractivity contribution in [2.24, 2.45) is 0 Å². The third-order valence-electron chi connectivity index (χ3n) is 10.6. The summed E-state index contributed by atoms with van der Waals surface area (Å²) in [5, 5.41) is 16.8. The Hall–Kier alpha value is -5.68. The quantitative estimate of drug-likeness (QED) is 0.0813. The number of ether oxygens (including phenoxy) is 6. The Labute approximate surface area is 367 Å². The molecule has 0 aromatic heterocycles. The number of hydrogen-bond acceptors (Lipinski definition) is 11. The highest BCUT2D eigenvalue weighted by molar-refractivity contribution is 6.57. The van der Waals surface area contributed by atoms with E-state index in [1.807, 2.05) is 60.7 Å². The first-order valence-electron chi connectivity index (χ1n) is 21.2. The number of carboxylic acids is 1. The standard InChI is InChI=1S/C49H53NO12Si/c1-2-62-63(54,55)31-13-22-50-48(51)46-47(49(52)53)61-30-26-57-24-28-59-45-41(35-16-7-4-8-17-35)33-37-19-10-12-21-39(37)43(45)42-38-20-11-9-18-36(38)32-40(34-14-5-3-6-15-34)44(42)58-27-23-56-25-29-60-46/h3-12,14-21,32-33,46-47,54-55H,2,13,22-31H2,1H3,(H,50,51)(H,52,53)/t46-,47-/m0/s1. The lowest BCUT2D eigenvalue weighted by Gasteiger charge is -2.25. The average Bonchev–Trinajstić information content (AvgIpc) is 3.29. The molecule has 63 heavy (non-hydrogen) atoms. The average molecular weight is 876 g/mol. The van der Waals surface area contributed by atoms with Gasteiger partial charge in [-0.05, 0) is 58.1 Å². The van der Waals surface area contributed by atoms with Gasteiger partial charge in [-0.25, -0.2) is 4.79 Å². The molecule has 1 heterocycles. The monoisotopic (exact) mass is 875 g/mol. The fourth-order valence-corrected chi connectivity index (χ4v) is 8.96. The molecule has 0 saturated carbocycles. The van der Waals surface area contributed by atoms with Gasteiger partial charge in [0.15, 0.2) is 12.2 Å². The number of carboxylic acid groups (broad SMARTS) is 1. The molecule has 7 rings (SSSR count). The van der Waals surface area contributed by atoms with Gasteiger partial charge >= 0.3 is 14.8 Å². The Morgan fingerprint density at radius 1 is 0.635 bits per heavy atom. The van der Waals surface area contributed by atoms with Crippen LogP contribution < -0.4 is 14.8 Å². The van der Waals surface area contributed by atoms with Crippen LogP contribution in [0.3, 0.4) is 0 Å². The summed E-state index contributed by atoms with van der Waals surface area (Å²) in [5.74, 6) is -0.848. The summed E-state index contributed by atoms with van der Waals surface area (Å²) in [6, 6.07) is 40.9. The van der Waals surface area contributed by atoms with Gasteiger partial charge in [0, 0.05) is 41.4 Å². The van der Waals surface area contributed by atoms with Gasteiger partial charge in [-0.15, -0.1) is 0 Å². The van der Waals surface area contributed by atoms with Gasteiger partial charge in [0.25, 0.3) is 5.91 Å². The normalized spacial score (nSPS) is 17.1. The van der Waals surface area contributed by atoms with Gasteiger partial charge in [0.05, 0.1) is 39.6 Å². The highest BCUT2D eigenvalue weighted by Crippen LogP contribution is 2.52. The van der Waals surface area contributed by atoms with E-state index in [0.717, 1.165) is 54.9 Å². The number of aliphatic carboxylic acids is 1. The van der Waals surface area contributed by atoms with Crippen molar-refractivity contribution in [3.63, 3.8) is 0 Å². The largest absolute Gasteiger partial charge is 0.495 e. The van der Waals surface area contributed by atoms with Crippen molar-refractivity contribution in [1.29, 1.82) is 0 Å². The first kappa shape index (κ1) is 45.3. The zero-order chi connectivity index (χ0) is 44.0. The van der Waals surface area contributed by atoms with Gasteiger partial charge in [0.2, 0.25) is 0 Å². The highest BCUT2D eigenvalue weighted by atomic mass is 28.4. The molecule has 1 amide bonds. The lowest BCUT2D eigenvalue weighted by atomic mass is 9.86. The third kappa shape index (κ3) is 11.5. The molecule has 4 N–H and O–H groups in total. The summed E-state index contributed by atoms with van der Waals surface area (Å²) >= 11 is 0. The van der Waals surface area contributed by atoms with Crippen molar-refractivity contribution in [2.75, 3.05) is 66.0 Å². The number of carbonyl (C=O) groups excluding carboxylic acids is 1. The predicted molar refractivity (Wildman–Crippen MR) is 242 cm³/mol. The summed E-state index contributed by atoms with van der Waals surface area (Å²) in [5.41, 5.74) is 5.42. The molecule has 0 aliphatic carbocycles. The number of hydrogen-bond donors (Lipinski definition) is 4. The molecule has 2 atom stereocenters. The third-order valence-corrected chi connectivity index (χ3v) is 12.3. The van der Waals surface area contributed by atoms with Crippen molar-refractivity contribution >= 4 is 42.2 Å². The minimum Gasteiger partial charge on any atom is -0.490 e. The van der Waals surface area contributed by atoms with Crippen LogP contribution in [0.15, 0.2) is 121 Å². The molecule has 6 aromatic carbocycles. The van der Waals surface area contributed by atoms with E-state index in [0.29, 0.717) is 11.5 Å². The Morgan fingerprint density at radius 3 is 1.59 bits per heavy atom. The summed E-state index contributed by atoms with van der Waals surface area (Å²) in [6.45, 7) is 2.09. The van der Waals surface area contributed by atoms with E-state index in [2.05, 4.69) is 66.0 Å². The minimum absolute atomic E-state index is 0.000401. The zero-order valence-electron chi connectivity index (χ0n) is 35.2. The predicted octanol–water partition coefficient (Wildman–Crippen LogP) is 7.12. The Bertz CT molecular complexity index is 2450. The zero-order valence-corrected chi connectivity index (χ0v) is 36.2. The van der Waals surface area contributed by atoms with E-state index in [1.165, 1.54) is 0 Å². The molecule has 0 bridgehead atoms. The second-order valence-corrected chi connectivity index (χ2v) is 17.1. The maximum Gasteiger partial charge on any atom is 0.495 e. The van der Waals surface area contributed by atoms with E-state index in [1.54, 1.807) is 6.92 Å². The molecule has 330 valence electrons. The van der Waals surface area contributed by atoms with Gasteiger partial charge in [-0.2, -0.15) is 0 Å². The van der Waals surface area contributed by atoms with Gasteiger partial charge in [-0.1, -0.05) is 109 Å². The number of benzene rings is 6. The molecule has 0 saturated heterocycles. The second kappa shape index (κ2) is 22.1. The first-order valence-corrected chi connectivity index (χ1v) is 23.2. The summed E-state index contributed by atoms with van der Waals surface area (Å²) in [4.78, 5) is 46.0. The molecule has 0 fully saturated rings. The Kier molecular flexibility index (Phi) is 15.9. The van der Waals surface area contributed by atoms with Crippen LogP contribution in [-0.4, -0.2) is 114 Å². The fourth-order valence-electron chi connectivity index (χ4n) is 7.72. The van der Waals surface area contributed by atoms with Crippen LogP contribution in [0.25, 0.3) is 54.9 Å². The number of nitrogens with one attached hydrogen (secondary N) is 1. The second-order valence-electron chi connectivity index (χ2n) is 14.8. The van der Waals surface area contributed by atoms with Crippen LogP contribution in [0, 0.1) is 0 Å². The molecule has 0 unspecified atom stereocenters. The SMILES string of the molecule is CCO[Si](O)(O)CCCNC(=O)[C@H]1OCCOCCOc2c(-c3ccccc3)cc3ccccc3c2-c2c(c(-c3ccccc3)cc3ccccc23)OCCOCCO[C@@H]1C(=O)O. The minimum atomic E-state index is -3.86. The number of fused-ring (bicyclic) bond motifs is 7.